The van der Waals surface area contributed by atoms with Crippen LogP contribution in [-0.4, -0.2) is 5.91 Å². The fourth-order valence-electron chi connectivity index (χ4n) is 1.74. The summed E-state index contributed by atoms with van der Waals surface area (Å²) < 4.78 is 0. The molecule has 1 amide bonds. The van der Waals surface area contributed by atoms with E-state index in [1.807, 2.05) is 18.2 Å². The smallest absolute Gasteiger partial charge is 0.227 e. The van der Waals surface area contributed by atoms with Gasteiger partial charge in [0.2, 0.25) is 5.91 Å². The van der Waals surface area contributed by atoms with Crippen molar-refractivity contribution in [2.75, 3.05) is 5.32 Å². The third-order valence-corrected chi connectivity index (χ3v) is 3.22. The monoisotopic (exact) mass is 203 g/mol. The Morgan fingerprint density at radius 1 is 1.33 bits per heavy atom. The van der Waals surface area contributed by atoms with Crippen LogP contribution in [0.5, 0.6) is 0 Å². The first-order chi connectivity index (χ1) is 7.08. The SMILES string of the molecule is Cc1ccc(NC(=O)[C@H]2C[C@H]2C)cc1C. The van der Waals surface area contributed by atoms with Crippen LogP contribution in [0.25, 0.3) is 0 Å². The molecule has 2 rings (SSSR count). The van der Waals surface area contributed by atoms with Crippen LogP contribution in [0.15, 0.2) is 18.2 Å². The lowest BCUT2D eigenvalue weighted by Gasteiger charge is -2.07. The Balaban J connectivity index is 2.04. The van der Waals surface area contributed by atoms with Gasteiger partial charge in [-0.05, 0) is 49.4 Å². The van der Waals surface area contributed by atoms with Gasteiger partial charge >= 0.3 is 0 Å². The minimum absolute atomic E-state index is 0.172. The molecule has 1 aromatic rings. The zero-order chi connectivity index (χ0) is 11.0. The molecule has 0 aliphatic heterocycles. The van der Waals surface area contributed by atoms with Crippen molar-refractivity contribution < 1.29 is 4.79 Å². The number of carbonyl (C=O) groups is 1. The molecule has 1 N–H and O–H groups in total. The van der Waals surface area contributed by atoms with Crippen LogP contribution >= 0.6 is 0 Å². The Morgan fingerprint density at radius 2 is 2.00 bits per heavy atom. The van der Waals surface area contributed by atoms with Gasteiger partial charge in [0.1, 0.15) is 0 Å². The summed E-state index contributed by atoms with van der Waals surface area (Å²) in [7, 11) is 0. The Hall–Kier alpha value is -1.31. The predicted octanol–water partition coefficient (Wildman–Crippen LogP) is 2.90. The first kappa shape index (κ1) is 10.2. The number of amides is 1. The second kappa shape index (κ2) is 3.69. The molecule has 1 aliphatic rings. The minimum Gasteiger partial charge on any atom is -0.326 e. The van der Waals surface area contributed by atoms with Crippen LogP contribution in [0.4, 0.5) is 5.69 Å². The molecule has 2 atom stereocenters. The summed E-state index contributed by atoms with van der Waals surface area (Å²) in [6, 6.07) is 6.04. The predicted molar refractivity (Wildman–Crippen MR) is 61.8 cm³/mol. The van der Waals surface area contributed by atoms with Gasteiger partial charge < -0.3 is 5.32 Å². The molecule has 0 saturated heterocycles. The molecule has 2 heteroatoms. The van der Waals surface area contributed by atoms with Crippen LogP contribution in [0.3, 0.4) is 0 Å². The molecule has 0 unspecified atom stereocenters. The van der Waals surface area contributed by atoms with Crippen LogP contribution < -0.4 is 5.32 Å². The van der Waals surface area contributed by atoms with Crippen molar-refractivity contribution in [1.82, 2.24) is 0 Å². The highest BCUT2D eigenvalue weighted by Crippen LogP contribution is 2.38. The van der Waals surface area contributed by atoms with Crippen molar-refractivity contribution in [3.63, 3.8) is 0 Å². The summed E-state index contributed by atoms with van der Waals surface area (Å²) >= 11 is 0. The highest BCUT2D eigenvalue weighted by Gasteiger charge is 2.38. The van der Waals surface area contributed by atoms with Gasteiger partial charge in [-0.3, -0.25) is 4.79 Å². The van der Waals surface area contributed by atoms with E-state index < -0.39 is 0 Å². The first-order valence-electron chi connectivity index (χ1n) is 5.46. The fraction of sp³-hybridized carbons (Fsp3) is 0.462. The third kappa shape index (κ3) is 2.20. The van der Waals surface area contributed by atoms with E-state index in [9.17, 15) is 4.79 Å². The van der Waals surface area contributed by atoms with Crippen molar-refractivity contribution in [1.29, 1.82) is 0 Å². The molecule has 1 saturated carbocycles. The van der Waals surface area contributed by atoms with Gasteiger partial charge in [-0.15, -0.1) is 0 Å². The molecule has 15 heavy (non-hydrogen) atoms. The van der Waals surface area contributed by atoms with Gasteiger partial charge in [0.05, 0.1) is 0 Å². The molecule has 0 radical (unpaired) electrons. The van der Waals surface area contributed by atoms with E-state index in [-0.39, 0.29) is 11.8 Å². The minimum atomic E-state index is 0.172. The maximum Gasteiger partial charge on any atom is 0.227 e. The summed E-state index contributed by atoms with van der Waals surface area (Å²) in [4.78, 5) is 11.7. The molecule has 1 aromatic carbocycles. The average molecular weight is 203 g/mol. The van der Waals surface area contributed by atoms with Gasteiger partial charge in [-0.25, -0.2) is 0 Å². The second-order valence-electron chi connectivity index (χ2n) is 4.61. The number of aryl methyl sites for hydroxylation is 2. The summed E-state index contributed by atoms with van der Waals surface area (Å²) in [5.74, 6) is 0.980. The molecule has 1 fully saturated rings. The largest absolute Gasteiger partial charge is 0.326 e. The highest BCUT2D eigenvalue weighted by molar-refractivity contribution is 5.94. The zero-order valence-corrected chi connectivity index (χ0v) is 9.50. The van der Waals surface area contributed by atoms with Gasteiger partial charge in [0.25, 0.3) is 0 Å². The maximum atomic E-state index is 11.7. The van der Waals surface area contributed by atoms with E-state index in [1.165, 1.54) is 11.1 Å². The molecule has 80 valence electrons. The van der Waals surface area contributed by atoms with E-state index in [0.29, 0.717) is 5.92 Å². The Morgan fingerprint density at radius 3 is 2.53 bits per heavy atom. The summed E-state index contributed by atoms with van der Waals surface area (Å²) in [5, 5.41) is 2.96. The van der Waals surface area contributed by atoms with Crippen LogP contribution in [0.1, 0.15) is 24.5 Å². The molecular weight excluding hydrogens is 186 g/mol. The van der Waals surface area contributed by atoms with Crippen molar-refractivity contribution in [3.8, 4) is 0 Å². The molecule has 0 heterocycles. The number of hydrogen-bond donors (Lipinski definition) is 1. The number of rotatable bonds is 2. The van der Waals surface area contributed by atoms with E-state index in [1.54, 1.807) is 0 Å². The first-order valence-corrected chi connectivity index (χ1v) is 5.46. The lowest BCUT2D eigenvalue weighted by Crippen LogP contribution is -2.14. The number of nitrogens with one attached hydrogen (secondary N) is 1. The second-order valence-corrected chi connectivity index (χ2v) is 4.61. The number of benzene rings is 1. The quantitative estimate of drug-likeness (QED) is 0.786. The average Bonchev–Trinajstić information content (AvgIpc) is 2.89. The third-order valence-electron chi connectivity index (χ3n) is 3.22. The van der Waals surface area contributed by atoms with Crippen molar-refractivity contribution in [2.24, 2.45) is 11.8 Å². The van der Waals surface area contributed by atoms with E-state index in [4.69, 9.17) is 0 Å². The lowest BCUT2D eigenvalue weighted by atomic mass is 10.1. The zero-order valence-electron chi connectivity index (χ0n) is 9.50. The van der Waals surface area contributed by atoms with E-state index in [0.717, 1.165) is 12.1 Å². The van der Waals surface area contributed by atoms with Gasteiger partial charge in [0.15, 0.2) is 0 Å². The summed E-state index contributed by atoms with van der Waals surface area (Å²) in [6.45, 7) is 6.25. The fourth-order valence-corrected chi connectivity index (χ4v) is 1.74. The number of hydrogen-bond acceptors (Lipinski definition) is 1. The van der Waals surface area contributed by atoms with Crippen molar-refractivity contribution in [3.05, 3.63) is 29.3 Å². The van der Waals surface area contributed by atoms with Gasteiger partial charge in [-0.2, -0.15) is 0 Å². The Kier molecular flexibility index (Phi) is 2.51. The van der Waals surface area contributed by atoms with E-state index in [2.05, 4.69) is 26.1 Å². The van der Waals surface area contributed by atoms with E-state index >= 15 is 0 Å². The Bertz CT molecular complexity index is 398. The molecule has 1 aliphatic carbocycles. The maximum absolute atomic E-state index is 11.7. The van der Waals surface area contributed by atoms with Crippen LogP contribution in [0, 0.1) is 25.7 Å². The summed E-state index contributed by atoms with van der Waals surface area (Å²) in [6.07, 6.45) is 1.04. The summed E-state index contributed by atoms with van der Waals surface area (Å²) in [5.41, 5.74) is 3.40. The topological polar surface area (TPSA) is 29.1 Å². The Labute approximate surface area is 90.7 Å². The molecular formula is C13H17NO. The standard InChI is InChI=1S/C13H17NO/c1-8-4-5-11(6-9(8)2)14-13(15)12-7-10(12)3/h4-6,10,12H,7H2,1-3H3,(H,14,15)/t10-,12+/m1/s1. The normalized spacial score (nSPS) is 23.7. The molecule has 0 bridgehead atoms. The molecule has 0 spiro atoms. The van der Waals surface area contributed by atoms with Crippen LogP contribution in [-0.2, 0) is 4.79 Å². The lowest BCUT2D eigenvalue weighted by molar-refractivity contribution is -0.117. The van der Waals surface area contributed by atoms with Gasteiger partial charge in [-0.1, -0.05) is 13.0 Å². The molecule has 0 aromatic heterocycles. The molecule has 2 nitrogen and oxygen atoms in total. The van der Waals surface area contributed by atoms with Gasteiger partial charge in [0, 0.05) is 11.6 Å². The number of carbonyl (C=O) groups excluding carboxylic acids is 1. The van der Waals surface area contributed by atoms with Crippen LogP contribution in [0.2, 0.25) is 0 Å². The van der Waals surface area contributed by atoms with Crippen molar-refractivity contribution >= 4 is 11.6 Å². The van der Waals surface area contributed by atoms with Crippen molar-refractivity contribution in [2.45, 2.75) is 27.2 Å². The highest BCUT2D eigenvalue weighted by atomic mass is 16.2. The number of anilines is 1.